The fourth-order valence-electron chi connectivity index (χ4n) is 3.86. The molecule has 1 aliphatic rings. The largest absolute Gasteiger partial charge is 0.495 e. The predicted octanol–water partition coefficient (Wildman–Crippen LogP) is 4.56. The highest BCUT2D eigenvalue weighted by atomic mass is 32.1. The average Bonchev–Trinajstić information content (AvgIpc) is 3.55. The van der Waals surface area contributed by atoms with Gasteiger partial charge in [-0.25, -0.2) is 4.98 Å². The lowest BCUT2D eigenvalue weighted by molar-refractivity contribution is -0.114. The molecule has 0 aliphatic carbocycles. The van der Waals surface area contributed by atoms with E-state index in [1.807, 2.05) is 24.3 Å². The van der Waals surface area contributed by atoms with Gasteiger partial charge in [0.05, 0.1) is 41.1 Å². The number of thiazole rings is 1. The standard InChI is InChI=1S/C25H28N2O6S/c1-29-18-9-7-16(14-21(18)32-4)8-12-22(28)27(15-17-6-5-13-33-17)25-26-23-19(30-2)10-11-20(31-3)24(23)34-25/h7-12,14,17H,5-6,13,15H2,1-4H3/b12-8+. The number of nitrogens with zero attached hydrogens (tertiary/aromatic N) is 2. The molecule has 1 aliphatic heterocycles. The molecule has 1 fully saturated rings. The van der Waals surface area contributed by atoms with E-state index in [1.54, 1.807) is 45.5 Å². The van der Waals surface area contributed by atoms with Crippen molar-refractivity contribution in [3.63, 3.8) is 0 Å². The fraction of sp³-hybridized carbons (Fsp3) is 0.360. The summed E-state index contributed by atoms with van der Waals surface area (Å²) >= 11 is 1.39. The van der Waals surface area contributed by atoms with Crippen molar-refractivity contribution < 1.29 is 28.5 Å². The van der Waals surface area contributed by atoms with E-state index in [0.717, 1.165) is 23.1 Å². The van der Waals surface area contributed by atoms with Crippen LogP contribution in [0.4, 0.5) is 5.13 Å². The molecule has 0 bridgehead atoms. The van der Waals surface area contributed by atoms with E-state index in [4.69, 9.17) is 28.7 Å². The number of carbonyl (C=O) groups excluding carboxylic acids is 1. The molecule has 8 nitrogen and oxygen atoms in total. The Kier molecular flexibility index (Phi) is 7.54. The third-order valence-electron chi connectivity index (χ3n) is 5.63. The van der Waals surface area contributed by atoms with E-state index in [0.29, 0.717) is 46.8 Å². The van der Waals surface area contributed by atoms with E-state index in [9.17, 15) is 4.79 Å². The van der Waals surface area contributed by atoms with Gasteiger partial charge in [-0.15, -0.1) is 0 Å². The summed E-state index contributed by atoms with van der Waals surface area (Å²) < 4.78 is 28.3. The van der Waals surface area contributed by atoms with Gasteiger partial charge >= 0.3 is 0 Å². The Labute approximate surface area is 202 Å². The molecule has 4 rings (SSSR count). The molecule has 1 saturated heterocycles. The van der Waals surface area contributed by atoms with Crippen molar-refractivity contribution in [3.8, 4) is 23.0 Å². The molecule has 0 radical (unpaired) electrons. The molecule has 34 heavy (non-hydrogen) atoms. The quantitative estimate of drug-likeness (QED) is 0.412. The lowest BCUT2D eigenvalue weighted by atomic mass is 10.2. The summed E-state index contributed by atoms with van der Waals surface area (Å²) in [5, 5.41) is 0.565. The van der Waals surface area contributed by atoms with Crippen LogP contribution in [0.5, 0.6) is 23.0 Å². The summed E-state index contributed by atoms with van der Waals surface area (Å²) in [5.74, 6) is 2.35. The molecule has 3 aromatic rings. The van der Waals surface area contributed by atoms with Crippen molar-refractivity contribution in [3.05, 3.63) is 42.0 Å². The Morgan fingerprint density at radius 3 is 2.44 bits per heavy atom. The van der Waals surface area contributed by atoms with E-state index < -0.39 is 0 Å². The topological polar surface area (TPSA) is 79.4 Å². The maximum Gasteiger partial charge on any atom is 0.252 e. The molecule has 1 aromatic heterocycles. The summed E-state index contributed by atoms with van der Waals surface area (Å²) in [7, 11) is 6.38. The molecule has 2 heterocycles. The van der Waals surface area contributed by atoms with E-state index in [2.05, 4.69) is 0 Å². The van der Waals surface area contributed by atoms with E-state index in [-0.39, 0.29) is 12.0 Å². The zero-order valence-electron chi connectivity index (χ0n) is 19.7. The minimum atomic E-state index is -0.192. The molecule has 1 unspecified atom stereocenters. The van der Waals surface area contributed by atoms with Gasteiger partial charge in [0.2, 0.25) is 0 Å². The van der Waals surface area contributed by atoms with E-state index >= 15 is 0 Å². The predicted molar refractivity (Wildman–Crippen MR) is 133 cm³/mol. The van der Waals surface area contributed by atoms with Crippen molar-refractivity contribution in [1.82, 2.24) is 4.98 Å². The van der Waals surface area contributed by atoms with Crippen molar-refractivity contribution in [2.75, 3.05) is 46.5 Å². The monoisotopic (exact) mass is 484 g/mol. The van der Waals surface area contributed by atoms with Crippen LogP contribution in [0.15, 0.2) is 36.4 Å². The van der Waals surface area contributed by atoms with Crippen LogP contribution in [0.25, 0.3) is 16.3 Å². The highest BCUT2D eigenvalue weighted by Gasteiger charge is 2.26. The highest BCUT2D eigenvalue weighted by molar-refractivity contribution is 7.22. The molecular formula is C25H28N2O6S. The van der Waals surface area contributed by atoms with Gasteiger partial charge in [-0.1, -0.05) is 17.4 Å². The Hall–Kier alpha value is -3.30. The Balaban J connectivity index is 1.67. The summed E-state index contributed by atoms with van der Waals surface area (Å²) in [6.07, 6.45) is 5.14. The molecule has 0 spiro atoms. The van der Waals surface area contributed by atoms with Crippen LogP contribution in [-0.4, -0.2) is 58.6 Å². The first kappa shape index (κ1) is 23.8. The molecule has 1 atom stereocenters. The van der Waals surface area contributed by atoms with Crippen LogP contribution in [0.1, 0.15) is 18.4 Å². The van der Waals surface area contributed by atoms with Crippen molar-refractivity contribution in [2.24, 2.45) is 0 Å². The first-order valence-electron chi connectivity index (χ1n) is 10.9. The Morgan fingerprint density at radius 1 is 1.06 bits per heavy atom. The number of benzene rings is 2. The maximum absolute atomic E-state index is 13.4. The van der Waals surface area contributed by atoms with Crippen molar-refractivity contribution >= 4 is 38.7 Å². The first-order chi connectivity index (χ1) is 16.6. The number of hydrogen-bond acceptors (Lipinski definition) is 8. The van der Waals surface area contributed by atoms with Crippen molar-refractivity contribution in [2.45, 2.75) is 18.9 Å². The molecule has 0 N–H and O–H groups in total. The maximum atomic E-state index is 13.4. The summed E-state index contributed by atoms with van der Waals surface area (Å²) in [6, 6.07) is 9.14. The molecular weight excluding hydrogens is 456 g/mol. The smallest absolute Gasteiger partial charge is 0.252 e. The number of amides is 1. The second-order valence-electron chi connectivity index (χ2n) is 7.68. The number of carbonyl (C=O) groups is 1. The van der Waals surface area contributed by atoms with Gasteiger partial charge in [0.1, 0.15) is 21.7 Å². The van der Waals surface area contributed by atoms with Crippen LogP contribution < -0.4 is 23.8 Å². The van der Waals surface area contributed by atoms with Gasteiger partial charge in [-0.2, -0.15) is 0 Å². The molecule has 0 saturated carbocycles. The second kappa shape index (κ2) is 10.8. The third-order valence-corrected chi connectivity index (χ3v) is 6.72. The normalized spacial score (nSPS) is 15.6. The van der Waals surface area contributed by atoms with Crippen molar-refractivity contribution in [1.29, 1.82) is 0 Å². The van der Waals surface area contributed by atoms with Gasteiger partial charge in [-0.05, 0) is 48.7 Å². The summed E-state index contributed by atoms with van der Waals surface area (Å²) in [6.45, 7) is 1.12. The van der Waals surface area contributed by atoms with Gasteiger partial charge in [0.15, 0.2) is 16.6 Å². The Morgan fingerprint density at radius 2 is 1.76 bits per heavy atom. The second-order valence-corrected chi connectivity index (χ2v) is 8.65. The van der Waals surface area contributed by atoms with Crippen LogP contribution >= 0.6 is 11.3 Å². The number of ether oxygens (including phenoxy) is 5. The Bertz CT molecular complexity index is 1140. The van der Waals surface area contributed by atoms with Gasteiger partial charge in [-0.3, -0.25) is 9.69 Å². The lowest BCUT2D eigenvalue weighted by Crippen LogP contribution is -2.36. The van der Waals surface area contributed by atoms with Crippen LogP contribution in [0.3, 0.4) is 0 Å². The number of methoxy groups -OCH3 is 4. The minimum absolute atomic E-state index is 0.0331. The van der Waals surface area contributed by atoms with Gasteiger partial charge < -0.3 is 23.7 Å². The number of rotatable bonds is 9. The van der Waals surface area contributed by atoms with Gasteiger partial charge in [0, 0.05) is 12.7 Å². The zero-order chi connectivity index (χ0) is 24.1. The molecule has 1 amide bonds. The summed E-state index contributed by atoms with van der Waals surface area (Å²) in [5.41, 5.74) is 1.48. The number of fused-ring (bicyclic) bond motifs is 1. The number of aromatic nitrogens is 1. The highest BCUT2D eigenvalue weighted by Crippen LogP contribution is 2.40. The molecule has 180 valence electrons. The number of hydrogen-bond donors (Lipinski definition) is 0. The third kappa shape index (κ3) is 4.95. The lowest BCUT2D eigenvalue weighted by Gasteiger charge is -2.21. The first-order valence-corrected chi connectivity index (χ1v) is 11.7. The number of anilines is 1. The zero-order valence-corrected chi connectivity index (χ0v) is 20.5. The van der Waals surface area contributed by atoms with Gasteiger partial charge in [0.25, 0.3) is 5.91 Å². The van der Waals surface area contributed by atoms with Crippen LogP contribution in [0.2, 0.25) is 0 Å². The van der Waals surface area contributed by atoms with Crippen LogP contribution in [-0.2, 0) is 9.53 Å². The SMILES string of the molecule is COc1ccc(/C=C/C(=O)N(CC2CCCO2)c2nc3c(OC)ccc(OC)c3s2)cc1OC. The molecule has 2 aromatic carbocycles. The molecule has 9 heteroatoms. The summed E-state index contributed by atoms with van der Waals surface area (Å²) in [4.78, 5) is 19.8. The minimum Gasteiger partial charge on any atom is -0.495 e. The fourth-order valence-corrected chi connectivity index (χ4v) is 4.95. The average molecular weight is 485 g/mol. The van der Waals surface area contributed by atoms with E-state index in [1.165, 1.54) is 17.4 Å². The van der Waals surface area contributed by atoms with Crippen LogP contribution in [0, 0.1) is 0 Å².